The van der Waals surface area contributed by atoms with E-state index in [2.05, 4.69) is 0 Å². The van der Waals surface area contributed by atoms with Crippen molar-refractivity contribution in [1.82, 2.24) is 9.30 Å². The number of amides is 1. The van der Waals surface area contributed by atoms with Crippen LogP contribution in [0.25, 0.3) is 5.52 Å². The number of ketones is 1. The monoisotopic (exact) mass is 358 g/mol. The minimum absolute atomic E-state index is 0.00404. The predicted octanol–water partition coefficient (Wildman–Crippen LogP) is 1.07. The van der Waals surface area contributed by atoms with Crippen molar-refractivity contribution in [2.24, 2.45) is 0 Å². The van der Waals surface area contributed by atoms with Gasteiger partial charge in [0.25, 0.3) is 0 Å². The van der Waals surface area contributed by atoms with Gasteiger partial charge in [-0.1, -0.05) is 0 Å². The maximum atomic E-state index is 11.6. The minimum atomic E-state index is -1.07. The summed E-state index contributed by atoms with van der Waals surface area (Å²) >= 11 is 1.60. The molecular weight excluding hydrogens is 342 g/mol. The van der Waals surface area contributed by atoms with Crippen molar-refractivity contribution in [3.8, 4) is 0 Å². The molecule has 2 aromatic heterocycles. The molecule has 1 N–H and O–H groups in total. The number of carboxylic acids is 1. The van der Waals surface area contributed by atoms with Crippen molar-refractivity contribution in [3.05, 3.63) is 48.2 Å². The average molecular weight is 358 g/mol. The van der Waals surface area contributed by atoms with Gasteiger partial charge in [0.2, 0.25) is 5.91 Å². The molecule has 1 fully saturated rings. The van der Waals surface area contributed by atoms with Crippen LogP contribution in [-0.4, -0.2) is 42.7 Å². The lowest BCUT2D eigenvalue weighted by molar-refractivity contribution is -0.694. The highest BCUT2D eigenvalue weighted by Crippen LogP contribution is 2.40. The van der Waals surface area contributed by atoms with Crippen molar-refractivity contribution in [2.75, 3.05) is 0 Å². The summed E-state index contributed by atoms with van der Waals surface area (Å²) in [6, 6.07) is 3.67. The van der Waals surface area contributed by atoms with Gasteiger partial charge in [0.1, 0.15) is 11.2 Å². The number of hydrogen-bond donors (Lipinski definition) is 1. The molecule has 4 heterocycles. The lowest BCUT2D eigenvalue weighted by Crippen LogP contribution is -2.55. The van der Waals surface area contributed by atoms with E-state index in [1.165, 1.54) is 11.8 Å². The maximum absolute atomic E-state index is 11.6. The van der Waals surface area contributed by atoms with Gasteiger partial charge in [-0.05, 0) is 18.2 Å². The smallest absolute Gasteiger partial charge is 0.352 e. The van der Waals surface area contributed by atoms with E-state index in [0.29, 0.717) is 18.7 Å². The average Bonchev–Trinajstić information content (AvgIpc) is 2.96. The van der Waals surface area contributed by atoms with Gasteiger partial charge in [0, 0.05) is 6.92 Å². The summed E-state index contributed by atoms with van der Waals surface area (Å²) < 4.78 is 3.81. The molecule has 0 radical (unpaired) electrons. The van der Waals surface area contributed by atoms with E-state index in [9.17, 15) is 19.5 Å². The zero-order chi connectivity index (χ0) is 17.7. The highest BCUT2D eigenvalue weighted by molar-refractivity contribution is 8.00. The zero-order valence-electron chi connectivity index (χ0n) is 13.5. The molecule has 2 aromatic rings. The van der Waals surface area contributed by atoms with E-state index in [1.807, 2.05) is 33.6 Å². The van der Waals surface area contributed by atoms with Gasteiger partial charge in [0.05, 0.1) is 28.9 Å². The Hall–Kier alpha value is -2.61. The van der Waals surface area contributed by atoms with Crippen molar-refractivity contribution < 1.29 is 24.1 Å². The molecule has 7 nitrogen and oxygen atoms in total. The number of carboxylic acid groups (broad SMARTS) is 1. The molecule has 2 atom stereocenters. The topological polar surface area (TPSA) is 83.0 Å². The molecule has 0 spiro atoms. The van der Waals surface area contributed by atoms with Crippen LogP contribution < -0.4 is 4.57 Å². The number of carbonyl (C=O) groups is 3. The van der Waals surface area contributed by atoms with Crippen molar-refractivity contribution in [1.29, 1.82) is 0 Å². The molecule has 2 aliphatic rings. The molecule has 1 saturated heterocycles. The third-order valence-corrected chi connectivity index (χ3v) is 5.79. The summed E-state index contributed by atoms with van der Waals surface area (Å²) in [7, 11) is 0. The van der Waals surface area contributed by atoms with Crippen LogP contribution in [0.1, 0.15) is 23.8 Å². The number of aliphatic carboxylic acids is 1. The normalized spacial score (nSPS) is 22.4. The Morgan fingerprint density at radius 3 is 2.88 bits per heavy atom. The molecule has 0 aromatic carbocycles. The van der Waals surface area contributed by atoms with Crippen molar-refractivity contribution in [3.63, 3.8) is 0 Å². The molecule has 8 heteroatoms. The number of β-lactam (4-membered cyclic amide) rings is 1. The van der Waals surface area contributed by atoms with Crippen molar-refractivity contribution >= 4 is 34.9 Å². The van der Waals surface area contributed by atoms with E-state index in [1.54, 1.807) is 23.9 Å². The highest BCUT2D eigenvalue weighted by Gasteiger charge is 2.46. The minimum Gasteiger partial charge on any atom is -0.477 e. The summed E-state index contributed by atoms with van der Waals surface area (Å²) in [5, 5.41) is 9.22. The summed E-state index contributed by atoms with van der Waals surface area (Å²) in [5.41, 5.74) is 1.61. The SMILES string of the molecule is CC(=O)c1ccc2c[n+](CC3C=C(C(=O)O)N4C(=O)C[C@H]4S3)ccn12. The van der Waals surface area contributed by atoms with Gasteiger partial charge in [-0.25, -0.2) is 9.36 Å². The predicted molar refractivity (Wildman–Crippen MR) is 89.9 cm³/mol. The number of thioether (sulfide) groups is 1. The summed E-state index contributed by atoms with van der Waals surface area (Å²) in [6.45, 7) is 2.13. The van der Waals surface area contributed by atoms with Gasteiger partial charge in [-0.2, -0.15) is 0 Å². The fraction of sp³-hybridized carbons (Fsp3) is 0.294. The largest absolute Gasteiger partial charge is 0.477 e. The molecule has 0 saturated carbocycles. The van der Waals surface area contributed by atoms with E-state index in [4.69, 9.17) is 0 Å². The van der Waals surface area contributed by atoms with Gasteiger partial charge in [-0.15, -0.1) is 11.8 Å². The molecule has 1 amide bonds. The molecule has 2 aliphatic heterocycles. The van der Waals surface area contributed by atoms with Crippen molar-refractivity contribution in [2.45, 2.75) is 30.5 Å². The number of fused-ring (bicyclic) bond motifs is 2. The van der Waals surface area contributed by atoms with Gasteiger partial charge in [-0.3, -0.25) is 14.5 Å². The summed E-state index contributed by atoms with van der Waals surface area (Å²) in [6.07, 6.45) is 7.67. The first kappa shape index (κ1) is 15.9. The Morgan fingerprint density at radius 2 is 2.20 bits per heavy atom. The molecular formula is C17H16N3O4S+. The van der Waals surface area contributed by atoms with Crippen LogP contribution in [0.15, 0.2) is 42.5 Å². The zero-order valence-corrected chi connectivity index (χ0v) is 14.3. The van der Waals surface area contributed by atoms with E-state index >= 15 is 0 Å². The second-order valence-corrected chi connectivity index (χ2v) is 7.57. The first-order chi connectivity index (χ1) is 11.9. The molecule has 25 heavy (non-hydrogen) atoms. The van der Waals surface area contributed by atoms with E-state index in [-0.39, 0.29) is 28.0 Å². The van der Waals surface area contributed by atoms with Gasteiger partial charge >= 0.3 is 5.97 Å². The quantitative estimate of drug-likeness (QED) is 0.502. The first-order valence-electron chi connectivity index (χ1n) is 7.88. The van der Waals surface area contributed by atoms with Crippen LogP contribution in [-0.2, 0) is 16.1 Å². The highest BCUT2D eigenvalue weighted by atomic mass is 32.2. The first-order valence-corrected chi connectivity index (χ1v) is 8.82. The Labute approximate surface area is 147 Å². The molecule has 4 rings (SSSR count). The van der Waals surface area contributed by atoms with Crippen LogP contribution in [0, 0.1) is 0 Å². The van der Waals surface area contributed by atoms with Crippen LogP contribution >= 0.6 is 11.8 Å². The number of Topliss-reactive ketones (excluding diaryl/α,β-unsaturated/α-hetero) is 1. The Morgan fingerprint density at radius 1 is 1.40 bits per heavy atom. The molecule has 128 valence electrons. The number of nitrogens with zero attached hydrogens (tertiary/aromatic N) is 3. The van der Waals surface area contributed by atoms with Crippen LogP contribution in [0.4, 0.5) is 0 Å². The van der Waals surface area contributed by atoms with Crippen LogP contribution in [0.5, 0.6) is 0 Å². The third kappa shape index (κ3) is 2.62. The summed E-state index contributed by atoms with van der Waals surface area (Å²) in [4.78, 5) is 36.0. The second-order valence-electron chi connectivity index (χ2n) is 6.15. The number of aromatic nitrogens is 2. The number of carbonyl (C=O) groups excluding carboxylic acids is 2. The van der Waals surface area contributed by atoms with E-state index < -0.39 is 5.97 Å². The fourth-order valence-corrected chi connectivity index (χ4v) is 4.72. The van der Waals surface area contributed by atoms with E-state index in [0.717, 1.165) is 5.52 Å². The fourth-order valence-electron chi connectivity index (χ4n) is 3.26. The molecule has 0 aliphatic carbocycles. The van der Waals surface area contributed by atoms with Crippen LogP contribution in [0.3, 0.4) is 0 Å². The third-order valence-electron chi connectivity index (χ3n) is 4.47. The van der Waals surface area contributed by atoms with Gasteiger partial charge < -0.3 is 9.51 Å². The summed E-state index contributed by atoms with van der Waals surface area (Å²) in [5.74, 6) is -1.20. The standard InChI is InChI=1S/C17H15N3O4S/c1-10(21)13-3-2-11-8-18(4-5-19(11)13)9-12-6-14(17(23)24)20-15(22)7-16(20)25-12/h2-6,8,12,16H,7,9H2,1H3/p+1/t12?,16-/m1/s1. The second kappa shape index (κ2) is 5.73. The number of rotatable bonds is 4. The Balaban J connectivity index is 1.60. The van der Waals surface area contributed by atoms with Gasteiger partial charge in [0.15, 0.2) is 24.7 Å². The lowest BCUT2D eigenvalue weighted by Gasteiger charge is -2.43. The molecule has 0 bridgehead atoms. The Bertz CT molecular complexity index is 949. The van der Waals surface area contributed by atoms with Crippen LogP contribution in [0.2, 0.25) is 0 Å². The number of hydrogen-bond acceptors (Lipinski definition) is 4. The maximum Gasteiger partial charge on any atom is 0.352 e. The Kier molecular flexibility index (Phi) is 3.64. The molecule has 1 unspecified atom stereocenters. The lowest BCUT2D eigenvalue weighted by atomic mass is 10.1.